The number of sulfonamides is 1. The summed E-state index contributed by atoms with van der Waals surface area (Å²) in [5.74, 6) is -0.646. The van der Waals surface area contributed by atoms with Crippen molar-refractivity contribution in [2.45, 2.75) is 4.90 Å². The van der Waals surface area contributed by atoms with Crippen LogP contribution in [0.2, 0.25) is 0 Å². The maximum Gasteiger partial charge on any atom is 0.313 e. The number of phenols is 1. The predicted molar refractivity (Wildman–Crippen MR) is 53.8 cm³/mol. The van der Waals surface area contributed by atoms with Crippen molar-refractivity contribution in [2.24, 2.45) is 5.14 Å². The third kappa shape index (κ3) is 2.43. The van der Waals surface area contributed by atoms with Gasteiger partial charge in [0.05, 0.1) is 14.3 Å². The summed E-state index contributed by atoms with van der Waals surface area (Å²) in [5.41, 5.74) is -0.728. The highest BCUT2D eigenvalue weighted by Gasteiger charge is 2.21. The smallest absolute Gasteiger partial charge is 0.313 e. The van der Waals surface area contributed by atoms with E-state index in [1.54, 1.807) is 0 Å². The van der Waals surface area contributed by atoms with Crippen LogP contribution in [0.25, 0.3) is 0 Å². The Labute approximate surface area is 92.8 Å². The zero-order valence-electron chi connectivity index (χ0n) is 7.05. The molecule has 0 saturated heterocycles. The van der Waals surface area contributed by atoms with Gasteiger partial charge in [0.25, 0.3) is 0 Å². The van der Waals surface area contributed by atoms with Crippen LogP contribution in [0.15, 0.2) is 21.5 Å². The Morgan fingerprint density at radius 2 is 2.00 bits per heavy atom. The minimum atomic E-state index is -4.04. The summed E-state index contributed by atoms with van der Waals surface area (Å²) >= 11 is 2.78. The van der Waals surface area contributed by atoms with E-state index in [0.717, 1.165) is 6.07 Å². The second-order valence-electron chi connectivity index (χ2n) is 2.57. The lowest BCUT2D eigenvalue weighted by Crippen LogP contribution is -2.12. The molecule has 0 atom stereocenters. The lowest BCUT2D eigenvalue weighted by atomic mass is 10.3. The summed E-state index contributed by atoms with van der Waals surface area (Å²) in [4.78, 5) is 9.09. The first-order valence-electron chi connectivity index (χ1n) is 3.43. The standard InChI is InChI=1S/C6H5BrN2O5S/c7-4-1-3(15(8,13)14)2-5(6(4)10)9(11)12/h1-2,10H,(H2,8,13,14). The van der Waals surface area contributed by atoms with Gasteiger partial charge in [-0.15, -0.1) is 0 Å². The van der Waals surface area contributed by atoms with Crippen molar-refractivity contribution >= 4 is 31.6 Å². The Morgan fingerprint density at radius 3 is 2.40 bits per heavy atom. The molecule has 3 N–H and O–H groups in total. The number of rotatable bonds is 2. The molecule has 0 spiro atoms. The molecule has 0 saturated carbocycles. The molecule has 9 heteroatoms. The topological polar surface area (TPSA) is 124 Å². The fourth-order valence-electron chi connectivity index (χ4n) is 0.864. The van der Waals surface area contributed by atoms with Crippen LogP contribution < -0.4 is 5.14 Å². The lowest BCUT2D eigenvalue weighted by molar-refractivity contribution is -0.386. The van der Waals surface area contributed by atoms with Crippen LogP contribution in [0.4, 0.5) is 5.69 Å². The summed E-state index contributed by atoms with van der Waals surface area (Å²) in [6.07, 6.45) is 0. The molecule has 0 radical (unpaired) electrons. The Kier molecular flexibility index (Phi) is 2.98. The quantitative estimate of drug-likeness (QED) is 0.614. The van der Waals surface area contributed by atoms with Gasteiger partial charge in [0.15, 0.2) is 0 Å². The average Bonchev–Trinajstić information content (AvgIpc) is 2.06. The number of aromatic hydroxyl groups is 1. The summed E-state index contributed by atoms with van der Waals surface area (Å²) in [5, 5.41) is 24.5. The van der Waals surface area contributed by atoms with Crippen molar-refractivity contribution in [3.63, 3.8) is 0 Å². The van der Waals surface area contributed by atoms with E-state index in [1.165, 1.54) is 0 Å². The van der Waals surface area contributed by atoms with E-state index in [0.29, 0.717) is 6.07 Å². The molecule has 0 aliphatic heterocycles. The van der Waals surface area contributed by atoms with Gasteiger partial charge in [-0.1, -0.05) is 0 Å². The zero-order chi connectivity index (χ0) is 11.8. The number of hydrogen-bond donors (Lipinski definition) is 2. The molecule has 0 aliphatic rings. The molecule has 0 aliphatic carbocycles. The van der Waals surface area contributed by atoms with Crippen LogP contribution in [0.3, 0.4) is 0 Å². The van der Waals surface area contributed by atoms with E-state index in [9.17, 15) is 23.6 Å². The van der Waals surface area contributed by atoms with Gasteiger partial charge in [-0.3, -0.25) is 10.1 Å². The molecule has 0 amide bonds. The van der Waals surface area contributed by atoms with Crippen molar-refractivity contribution in [1.82, 2.24) is 0 Å². The van der Waals surface area contributed by atoms with E-state index in [1.807, 2.05) is 0 Å². The maximum absolute atomic E-state index is 10.9. The van der Waals surface area contributed by atoms with Crippen LogP contribution >= 0.6 is 15.9 Å². The molecule has 82 valence electrons. The molecule has 0 heterocycles. The van der Waals surface area contributed by atoms with Crippen LogP contribution in [0, 0.1) is 10.1 Å². The first-order valence-corrected chi connectivity index (χ1v) is 5.77. The number of phenolic OH excluding ortho intramolecular Hbond substituents is 1. The molecular weight excluding hydrogens is 292 g/mol. The molecule has 0 bridgehead atoms. The maximum atomic E-state index is 10.9. The number of hydrogen-bond acceptors (Lipinski definition) is 5. The normalized spacial score (nSPS) is 11.3. The molecular formula is C6H5BrN2O5S. The van der Waals surface area contributed by atoms with E-state index < -0.39 is 31.3 Å². The van der Waals surface area contributed by atoms with Crippen molar-refractivity contribution in [3.8, 4) is 5.75 Å². The second-order valence-corrected chi connectivity index (χ2v) is 4.99. The van der Waals surface area contributed by atoms with Gasteiger partial charge in [0, 0.05) is 6.07 Å². The predicted octanol–water partition coefficient (Wildman–Crippen LogP) is 0.710. The van der Waals surface area contributed by atoms with E-state index >= 15 is 0 Å². The van der Waals surface area contributed by atoms with Gasteiger partial charge in [0.2, 0.25) is 15.8 Å². The molecule has 1 aromatic carbocycles. The number of halogens is 1. The number of nitrogens with zero attached hydrogens (tertiary/aromatic N) is 1. The van der Waals surface area contributed by atoms with Crippen molar-refractivity contribution in [1.29, 1.82) is 0 Å². The number of nitro benzene ring substituents is 1. The van der Waals surface area contributed by atoms with E-state index in [4.69, 9.17) is 5.14 Å². The zero-order valence-corrected chi connectivity index (χ0v) is 9.45. The Bertz CT molecular complexity index is 527. The van der Waals surface area contributed by atoms with Gasteiger partial charge in [-0.2, -0.15) is 0 Å². The fraction of sp³-hybridized carbons (Fsp3) is 0. The largest absolute Gasteiger partial charge is 0.501 e. The van der Waals surface area contributed by atoms with Gasteiger partial charge in [0.1, 0.15) is 0 Å². The third-order valence-corrected chi connectivity index (χ3v) is 3.04. The van der Waals surface area contributed by atoms with Crippen molar-refractivity contribution in [3.05, 3.63) is 26.7 Å². The van der Waals surface area contributed by atoms with Crippen LogP contribution in [0.5, 0.6) is 5.75 Å². The molecule has 1 rings (SSSR count). The second kappa shape index (κ2) is 3.76. The van der Waals surface area contributed by atoms with Crippen LogP contribution in [0.1, 0.15) is 0 Å². The highest BCUT2D eigenvalue weighted by Crippen LogP contribution is 2.35. The van der Waals surface area contributed by atoms with Crippen molar-refractivity contribution in [2.75, 3.05) is 0 Å². The van der Waals surface area contributed by atoms with Gasteiger partial charge >= 0.3 is 5.69 Å². The Hall–Kier alpha value is -1.19. The summed E-state index contributed by atoms with van der Waals surface area (Å²) < 4.78 is 21.7. The van der Waals surface area contributed by atoms with Gasteiger partial charge < -0.3 is 5.11 Å². The minimum absolute atomic E-state index is 0.110. The summed E-state index contributed by atoms with van der Waals surface area (Å²) in [6.45, 7) is 0. The summed E-state index contributed by atoms with van der Waals surface area (Å²) in [6, 6.07) is 1.67. The van der Waals surface area contributed by atoms with Gasteiger partial charge in [-0.05, 0) is 22.0 Å². The minimum Gasteiger partial charge on any atom is -0.501 e. The number of nitro groups is 1. The highest BCUT2D eigenvalue weighted by atomic mass is 79.9. The Balaban J connectivity index is 3.57. The average molecular weight is 297 g/mol. The Morgan fingerprint density at radius 1 is 1.47 bits per heavy atom. The first-order chi connectivity index (χ1) is 6.73. The lowest BCUT2D eigenvalue weighted by Gasteiger charge is -2.02. The third-order valence-electron chi connectivity index (χ3n) is 1.54. The van der Waals surface area contributed by atoms with Crippen LogP contribution in [-0.4, -0.2) is 18.4 Å². The van der Waals surface area contributed by atoms with Crippen LogP contribution in [-0.2, 0) is 10.0 Å². The first kappa shape index (κ1) is 11.9. The molecule has 1 aromatic rings. The SMILES string of the molecule is NS(=O)(=O)c1cc(Br)c(O)c([N+](=O)[O-])c1. The number of nitrogens with two attached hydrogens (primary N) is 1. The van der Waals surface area contributed by atoms with E-state index in [2.05, 4.69) is 15.9 Å². The van der Waals surface area contributed by atoms with Gasteiger partial charge in [-0.25, -0.2) is 13.6 Å². The monoisotopic (exact) mass is 296 g/mol. The fourth-order valence-corrected chi connectivity index (χ4v) is 2.02. The number of primary sulfonamides is 1. The molecule has 0 unspecified atom stereocenters. The molecule has 15 heavy (non-hydrogen) atoms. The number of benzene rings is 1. The van der Waals surface area contributed by atoms with Crippen molar-refractivity contribution < 1.29 is 18.4 Å². The highest BCUT2D eigenvalue weighted by molar-refractivity contribution is 9.10. The van der Waals surface area contributed by atoms with E-state index in [-0.39, 0.29) is 4.47 Å². The molecule has 0 aromatic heterocycles. The summed E-state index contributed by atoms with van der Waals surface area (Å²) in [7, 11) is -4.04. The molecule has 7 nitrogen and oxygen atoms in total. The molecule has 0 fully saturated rings.